The molecule has 2 amide bonds. The number of hydrogen-bond acceptors (Lipinski definition) is 3. The van der Waals surface area contributed by atoms with E-state index in [1.807, 2.05) is 6.20 Å². The molecule has 25 heavy (non-hydrogen) atoms. The predicted molar refractivity (Wildman–Crippen MR) is 97.7 cm³/mol. The van der Waals surface area contributed by atoms with Gasteiger partial charge in [0.05, 0.1) is 25.4 Å². The van der Waals surface area contributed by atoms with Gasteiger partial charge in [0, 0.05) is 30.2 Å². The second kappa shape index (κ2) is 7.89. The molecule has 3 N–H and O–H groups in total. The number of aromatic amines is 1. The molecule has 1 fully saturated rings. The van der Waals surface area contributed by atoms with Crippen molar-refractivity contribution in [2.24, 2.45) is 0 Å². The Balaban J connectivity index is 1.57. The third kappa shape index (κ3) is 4.14. The summed E-state index contributed by atoms with van der Waals surface area (Å²) in [6.07, 6.45) is 2.89. The first-order valence-electron chi connectivity index (χ1n) is 8.92. The van der Waals surface area contributed by atoms with Gasteiger partial charge in [0.15, 0.2) is 0 Å². The summed E-state index contributed by atoms with van der Waals surface area (Å²) in [6, 6.07) is 6.11. The number of rotatable bonds is 5. The summed E-state index contributed by atoms with van der Waals surface area (Å²) in [6.45, 7) is 6.01. The van der Waals surface area contributed by atoms with Crippen molar-refractivity contribution in [1.29, 1.82) is 0 Å². The highest BCUT2D eigenvalue weighted by molar-refractivity contribution is 5.86. The highest BCUT2D eigenvalue weighted by atomic mass is 16.5. The summed E-state index contributed by atoms with van der Waals surface area (Å²) < 4.78 is 5.45. The molecule has 2 atom stereocenters. The van der Waals surface area contributed by atoms with Gasteiger partial charge in [-0.3, -0.25) is 0 Å². The molecule has 2 aromatic rings. The molecule has 0 unspecified atom stereocenters. The van der Waals surface area contributed by atoms with Gasteiger partial charge in [0.25, 0.3) is 0 Å². The van der Waals surface area contributed by atoms with Crippen molar-refractivity contribution >= 4 is 16.9 Å². The van der Waals surface area contributed by atoms with Crippen LogP contribution in [0.2, 0.25) is 0 Å². The van der Waals surface area contributed by atoms with E-state index < -0.39 is 6.10 Å². The third-order valence-corrected chi connectivity index (χ3v) is 4.78. The molecule has 1 saturated heterocycles. The zero-order valence-corrected chi connectivity index (χ0v) is 14.9. The standard InChI is InChI=1S/C19H27N3O3/c1-13-4-3-5-17-15(11-21-18(13)17)6-7-20-19(24)22-8-9-25-12-16(22)10-14(2)23/h3-5,11,14,16,21,23H,6-10,12H2,1-2H3,(H,20,24)/t14-,16+/m0/s1. The summed E-state index contributed by atoms with van der Waals surface area (Å²) in [4.78, 5) is 17.6. The normalized spacial score (nSPS) is 19.2. The fraction of sp³-hybridized carbons (Fsp3) is 0.526. The molecule has 0 bridgehead atoms. The smallest absolute Gasteiger partial charge is 0.317 e. The first-order chi connectivity index (χ1) is 12.1. The first kappa shape index (κ1) is 17.8. The molecule has 1 aliphatic rings. The number of fused-ring (bicyclic) bond motifs is 1. The Bertz CT molecular complexity index is 726. The molecule has 0 spiro atoms. The number of hydrogen-bond donors (Lipinski definition) is 3. The third-order valence-electron chi connectivity index (χ3n) is 4.78. The molecule has 3 rings (SSSR count). The molecule has 136 valence electrons. The molecular weight excluding hydrogens is 318 g/mol. The quantitative estimate of drug-likeness (QED) is 0.777. The van der Waals surface area contributed by atoms with E-state index in [0.29, 0.717) is 32.7 Å². The van der Waals surface area contributed by atoms with Crippen molar-refractivity contribution in [1.82, 2.24) is 15.2 Å². The lowest BCUT2D eigenvalue weighted by atomic mass is 10.1. The van der Waals surface area contributed by atoms with Gasteiger partial charge in [0.1, 0.15) is 0 Å². The van der Waals surface area contributed by atoms with Crippen LogP contribution in [0.25, 0.3) is 10.9 Å². The minimum atomic E-state index is -0.448. The van der Waals surface area contributed by atoms with E-state index in [9.17, 15) is 9.90 Å². The number of benzene rings is 1. The zero-order chi connectivity index (χ0) is 17.8. The molecule has 6 heteroatoms. The first-order valence-corrected chi connectivity index (χ1v) is 8.92. The Morgan fingerprint density at radius 1 is 1.52 bits per heavy atom. The zero-order valence-electron chi connectivity index (χ0n) is 14.9. The molecule has 2 heterocycles. The number of carbonyl (C=O) groups excluding carboxylic acids is 1. The van der Waals surface area contributed by atoms with Gasteiger partial charge < -0.3 is 25.0 Å². The Kier molecular flexibility index (Phi) is 5.60. The lowest BCUT2D eigenvalue weighted by Crippen LogP contribution is -2.53. The number of aryl methyl sites for hydroxylation is 1. The summed E-state index contributed by atoms with van der Waals surface area (Å²) in [5.41, 5.74) is 3.59. The molecule has 1 aromatic heterocycles. The SMILES string of the molecule is Cc1cccc2c(CCNC(=O)N3CCOC[C@H]3C[C@H](C)O)c[nH]c12. The number of aliphatic hydroxyl groups excluding tert-OH is 1. The van der Waals surface area contributed by atoms with E-state index in [1.54, 1.807) is 11.8 Å². The van der Waals surface area contributed by atoms with E-state index >= 15 is 0 Å². The second-order valence-electron chi connectivity index (χ2n) is 6.80. The average Bonchev–Trinajstić information content (AvgIpc) is 2.99. The molecule has 0 saturated carbocycles. The molecular formula is C19H27N3O3. The van der Waals surface area contributed by atoms with Crippen molar-refractivity contribution in [3.63, 3.8) is 0 Å². The molecule has 1 aromatic carbocycles. The highest BCUT2D eigenvalue weighted by Gasteiger charge is 2.28. The molecule has 0 aliphatic carbocycles. The van der Waals surface area contributed by atoms with Crippen LogP contribution in [-0.2, 0) is 11.2 Å². The fourth-order valence-electron chi connectivity index (χ4n) is 3.49. The van der Waals surface area contributed by atoms with Gasteiger partial charge in [-0.1, -0.05) is 18.2 Å². The lowest BCUT2D eigenvalue weighted by molar-refractivity contribution is -0.00425. The van der Waals surface area contributed by atoms with Gasteiger partial charge in [-0.05, 0) is 37.8 Å². The van der Waals surface area contributed by atoms with Crippen LogP contribution in [0.1, 0.15) is 24.5 Å². The molecule has 0 radical (unpaired) electrons. The number of amides is 2. The maximum absolute atomic E-state index is 12.5. The summed E-state index contributed by atoms with van der Waals surface area (Å²) in [5, 5.41) is 13.8. The number of ether oxygens (including phenoxy) is 1. The van der Waals surface area contributed by atoms with Crippen LogP contribution in [0.15, 0.2) is 24.4 Å². The Labute approximate surface area is 148 Å². The van der Waals surface area contributed by atoms with Gasteiger partial charge >= 0.3 is 6.03 Å². The van der Waals surface area contributed by atoms with Crippen LogP contribution in [-0.4, -0.2) is 59.5 Å². The Morgan fingerprint density at radius 2 is 2.36 bits per heavy atom. The van der Waals surface area contributed by atoms with Gasteiger partial charge in [-0.25, -0.2) is 4.79 Å². The number of morpholine rings is 1. The Morgan fingerprint density at radius 3 is 3.16 bits per heavy atom. The predicted octanol–water partition coefficient (Wildman–Crippen LogP) is 2.20. The van der Waals surface area contributed by atoms with Crippen molar-refractivity contribution in [3.05, 3.63) is 35.5 Å². The Hall–Kier alpha value is -2.05. The highest BCUT2D eigenvalue weighted by Crippen LogP contribution is 2.21. The monoisotopic (exact) mass is 345 g/mol. The van der Waals surface area contributed by atoms with Gasteiger partial charge in [-0.15, -0.1) is 0 Å². The molecule has 6 nitrogen and oxygen atoms in total. The second-order valence-corrected chi connectivity index (χ2v) is 6.80. The van der Waals surface area contributed by atoms with Gasteiger partial charge in [-0.2, -0.15) is 0 Å². The van der Waals surface area contributed by atoms with Crippen molar-refractivity contribution in [2.45, 2.75) is 38.8 Å². The number of carbonyl (C=O) groups is 1. The van der Waals surface area contributed by atoms with E-state index in [4.69, 9.17) is 4.74 Å². The minimum absolute atomic E-state index is 0.0653. The topological polar surface area (TPSA) is 77.6 Å². The number of para-hydroxylation sites is 1. The van der Waals surface area contributed by atoms with E-state index in [2.05, 4.69) is 35.4 Å². The van der Waals surface area contributed by atoms with Crippen LogP contribution in [0, 0.1) is 6.92 Å². The minimum Gasteiger partial charge on any atom is -0.393 e. The van der Waals surface area contributed by atoms with Crippen LogP contribution in [0.4, 0.5) is 4.79 Å². The lowest BCUT2D eigenvalue weighted by Gasteiger charge is -2.36. The maximum Gasteiger partial charge on any atom is 0.317 e. The van der Waals surface area contributed by atoms with Crippen LogP contribution in [0.3, 0.4) is 0 Å². The van der Waals surface area contributed by atoms with Crippen molar-refractivity contribution in [3.8, 4) is 0 Å². The van der Waals surface area contributed by atoms with Gasteiger partial charge in [0.2, 0.25) is 0 Å². The fourth-order valence-corrected chi connectivity index (χ4v) is 3.49. The maximum atomic E-state index is 12.5. The number of urea groups is 1. The largest absolute Gasteiger partial charge is 0.393 e. The number of aliphatic hydroxyl groups is 1. The average molecular weight is 345 g/mol. The van der Waals surface area contributed by atoms with E-state index in [1.165, 1.54) is 16.5 Å². The number of nitrogens with zero attached hydrogens (tertiary/aromatic N) is 1. The number of nitrogens with one attached hydrogen (secondary N) is 2. The van der Waals surface area contributed by atoms with Crippen molar-refractivity contribution in [2.75, 3.05) is 26.3 Å². The number of aromatic nitrogens is 1. The van der Waals surface area contributed by atoms with Crippen LogP contribution < -0.4 is 5.32 Å². The van der Waals surface area contributed by atoms with Crippen LogP contribution in [0.5, 0.6) is 0 Å². The van der Waals surface area contributed by atoms with Crippen molar-refractivity contribution < 1.29 is 14.6 Å². The molecule has 1 aliphatic heterocycles. The summed E-state index contributed by atoms with van der Waals surface area (Å²) >= 11 is 0. The summed E-state index contributed by atoms with van der Waals surface area (Å²) in [5.74, 6) is 0. The summed E-state index contributed by atoms with van der Waals surface area (Å²) in [7, 11) is 0. The van der Waals surface area contributed by atoms with E-state index in [0.717, 1.165) is 11.9 Å². The number of H-pyrrole nitrogens is 1. The van der Waals surface area contributed by atoms with E-state index in [-0.39, 0.29) is 12.1 Å². The van der Waals surface area contributed by atoms with Crippen LogP contribution >= 0.6 is 0 Å².